The number of hydrogen-bond donors (Lipinski definition) is 1. The van der Waals surface area contributed by atoms with E-state index in [9.17, 15) is 9.59 Å². The summed E-state index contributed by atoms with van der Waals surface area (Å²) in [5.74, 6) is 1.47. The lowest BCUT2D eigenvalue weighted by molar-refractivity contribution is -0.128. The van der Waals surface area contributed by atoms with Gasteiger partial charge in [0.2, 0.25) is 5.91 Å². The molecule has 1 aliphatic carbocycles. The quantitative estimate of drug-likeness (QED) is 0.342. The first kappa shape index (κ1) is 23.2. The fraction of sp³-hybridized carbons (Fsp3) is 0.478. The number of ketones is 1. The number of hydrogen-bond acceptors (Lipinski definition) is 8. The van der Waals surface area contributed by atoms with Crippen LogP contribution in [0.2, 0.25) is 0 Å². The van der Waals surface area contributed by atoms with Crippen LogP contribution >= 0.6 is 34.4 Å². The monoisotopic (exact) mass is 489 g/mol. The minimum Gasteiger partial charge on any atom is -0.410 e. The first-order valence-corrected chi connectivity index (χ1v) is 13.3. The lowest BCUT2D eigenvalue weighted by Gasteiger charge is -2.17. The number of thiophene rings is 2. The molecule has 6 nitrogen and oxygen atoms in total. The van der Waals surface area contributed by atoms with Gasteiger partial charge in [-0.2, -0.15) is 0 Å². The SMILES string of the molecule is CC1CCc2sc(-c3nnc(SCC(=O)c4ccc(CNC(=O)C(C)(C)C)s4)o3)cc2C1. The second-order valence-electron chi connectivity index (χ2n) is 9.19. The van der Waals surface area contributed by atoms with Crippen LogP contribution in [0.4, 0.5) is 0 Å². The number of nitrogens with zero attached hydrogens (tertiary/aromatic N) is 2. The summed E-state index contributed by atoms with van der Waals surface area (Å²) in [6, 6.07) is 5.87. The minimum atomic E-state index is -0.434. The third-order valence-corrected chi connectivity index (χ3v) is 8.48. The predicted molar refractivity (Wildman–Crippen MR) is 129 cm³/mol. The number of Topliss-reactive ketones (excluding diaryl/α,β-unsaturated/α-hetero) is 1. The van der Waals surface area contributed by atoms with Gasteiger partial charge in [-0.3, -0.25) is 9.59 Å². The summed E-state index contributed by atoms with van der Waals surface area (Å²) < 4.78 is 5.82. The molecule has 0 fully saturated rings. The topological polar surface area (TPSA) is 85.1 Å². The van der Waals surface area contributed by atoms with Gasteiger partial charge < -0.3 is 9.73 Å². The first-order valence-electron chi connectivity index (χ1n) is 10.7. The molecule has 3 aromatic rings. The molecule has 9 heteroatoms. The molecule has 0 bridgehead atoms. The fourth-order valence-electron chi connectivity index (χ4n) is 3.43. The van der Waals surface area contributed by atoms with Gasteiger partial charge in [0.25, 0.3) is 11.1 Å². The minimum absolute atomic E-state index is 0.00808. The molecule has 0 saturated carbocycles. The van der Waals surface area contributed by atoms with Crippen LogP contribution in [0.15, 0.2) is 27.8 Å². The molecule has 1 amide bonds. The van der Waals surface area contributed by atoms with Gasteiger partial charge >= 0.3 is 0 Å². The van der Waals surface area contributed by atoms with E-state index in [1.807, 2.05) is 32.9 Å². The molecule has 0 spiro atoms. The van der Waals surface area contributed by atoms with Crippen LogP contribution in [0.25, 0.3) is 10.8 Å². The van der Waals surface area contributed by atoms with Gasteiger partial charge in [0.05, 0.1) is 22.1 Å². The molecular weight excluding hydrogens is 462 g/mol. The second-order valence-corrected chi connectivity index (χ2v) is 12.4. The molecule has 0 radical (unpaired) electrons. The molecule has 170 valence electrons. The zero-order valence-corrected chi connectivity index (χ0v) is 21.1. The highest BCUT2D eigenvalue weighted by atomic mass is 32.2. The van der Waals surface area contributed by atoms with Crippen LogP contribution in [0.5, 0.6) is 0 Å². The Balaban J connectivity index is 1.31. The molecule has 0 aromatic carbocycles. The van der Waals surface area contributed by atoms with E-state index in [2.05, 4.69) is 28.5 Å². The average Bonchev–Trinajstić information content (AvgIpc) is 3.48. The Morgan fingerprint density at radius 1 is 1.25 bits per heavy atom. The largest absolute Gasteiger partial charge is 0.410 e. The Labute approximate surface area is 200 Å². The van der Waals surface area contributed by atoms with Crippen molar-refractivity contribution in [2.75, 3.05) is 5.75 Å². The van der Waals surface area contributed by atoms with Gasteiger partial charge in [0, 0.05) is 15.2 Å². The zero-order chi connectivity index (χ0) is 22.9. The fourth-order valence-corrected chi connectivity index (χ4v) is 6.19. The molecule has 3 heterocycles. The lowest BCUT2D eigenvalue weighted by atomic mass is 9.90. The summed E-state index contributed by atoms with van der Waals surface area (Å²) in [5, 5.41) is 11.6. The van der Waals surface area contributed by atoms with Crippen molar-refractivity contribution in [2.45, 2.75) is 58.7 Å². The van der Waals surface area contributed by atoms with Gasteiger partial charge in [-0.15, -0.1) is 32.9 Å². The van der Waals surface area contributed by atoms with Crippen molar-refractivity contribution in [3.05, 3.63) is 38.4 Å². The number of nitrogens with one attached hydrogen (secondary N) is 1. The zero-order valence-electron chi connectivity index (χ0n) is 18.7. The van der Waals surface area contributed by atoms with E-state index in [1.165, 1.54) is 40.0 Å². The number of rotatable bonds is 7. The molecule has 1 unspecified atom stereocenters. The number of carbonyl (C=O) groups excluding carboxylic acids is 2. The summed E-state index contributed by atoms with van der Waals surface area (Å²) >= 11 is 4.40. The number of aromatic nitrogens is 2. The maximum atomic E-state index is 12.6. The molecule has 32 heavy (non-hydrogen) atoms. The van der Waals surface area contributed by atoms with Crippen molar-refractivity contribution in [1.29, 1.82) is 0 Å². The van der Waals surface area contributed by atoms with E-state index in [1.54, 1.807) is 11.3 Å². The van der Waals surface area contributed by atoms with Crippen molar-refractivity contribution < 1.29 is 14.0 Å². The normalized spacial score (nSPS) is 16.1. The van der Waals surface area contributed by atoms with E-state index < -0.39 is 5.41 Å². The number of aryl methyl sites for hydroxylation is 1. The average molecular weight is 490 g/mol. The van der Waals surface area contributed by atoms with E-state index >= 15 is 0 Å². The maximum absolute atomic E-state index is 12.6. The number of thioether (sulfide) groups is 1. The summed E-state index contributed by atoms with van der Waals surface area (Å²) in [5.41, 5.74) is 0.967. The van der Waals surface area contributed by atoms with Gasteiger partial charge in [-0.05, 0) is 48.9 Å². The van der Waals surface area contributed by atoms with Crippen LogP contribution in [-0.2, 0) is 24.2 Å². The second kappa shape index (κ2) is 9.49. The molecule has 1 N–H and O–H groups in total. The molecule has 1 aliphatic rings. The Morgan fingerprint density at radius 2 is 2.06 bits per heavy atom. The summed E-state index contributed by atoms with van der Waals surface area (Å²) in [6.07, 6.45) is 3.46. The third-order valence-electron chi connectivity index (χ3n) is 5.31. The molecule has 0 saturated heterocycles. The summed E-state index contributed by atoms with van der Waals surface area (Å²) in [4.78, 5) is 28.6. The van der Waals surface area contributed by atoms with Crippen LogP contribution in [0.3, 0.4) is 0 Å². The van der Waals surface area contributed by atoms with E-state index in [0.29, 0.717) is 22.5 Å². The summed E-state index contributed by atoms with van der Waals surface area (Å²) in [6.45, 7) is 8.34. The lowest BCUT2D eigenvalue weighted by Crippen LogP contribution is -2.34. The molecule has 0 aliphatic heterocycles. The van der Waals surface area contributed by atoms with Crippen LogP contribution in [0.1, 0.15) is 59.1 Å². The highest BCUT2D eigenvalue weighted by Gasteiger charge is 2.22. The van der Waals surface area contributed by atoms with Gasteiger partial charge in [-0.25, -0.2) is 0 Å². The Kier molecular flexibility index (Phi) is 6.88. The molecule has 4 rings (SSSR count). The maximum Gasteiger partial charge on any atom is 0.277 e. The van der Waals surface area contributed by atoms with Crippen LogP contribution in [-0.4, -0.2) is 27.6 Å². The van der Waals surface area contributed by atoms with Crippen molar-refractivity contribution in [1.82, 2.24) is 15.5 Å². The molecular formula is C23H27N3O3S3. The van der Waals surface area contributed by atoms with Crippen molar-refractivity contribution in [3.8, 4) is 10.8 Å². The number of fused-ring (bicyclic) bond motifs is 1. The van der Waals surface area contributed by atoms with E-state index in [-0.39, 0.29) is 17.4 Å². The Morgan fingerprint density at radius 3 is 2.84 bits per heavy atom. The van der Waals surface area contributed by atoms with Crippen molar-refractivity contribution >= 4 is 46.1 Å². The van der Waals surface area contributed by atoms with Crippen LogP contribution < -0.4 is 5.32 Å². The standard InChI is InChI=1S/C23H27N3O3S3/c1-13-5-7-17-14(9-13)10-19(32-17)20-25-26-22(29-20)30-12-16(27)18-8-6-15(31-18)11-24-21(28)23(2,3)4/h6,8,10,13H,5,7,9,11-12H2,1-4H3,(H,24,28). The Bertz CT molecular complexity index is 1120. The van der Waals surface area contributed by atoms with Gasteiger partial charge in [0.15, 0.2) is 5.78 Å². The van der Waals surface area contributed by atoms with Crippen molar-refractivity contribution in [3.63, 3.8) is 0 Å². The first-order chi connectivity index (χ1) is 15.2. The van der Waals surface area contributed by atoms with Gasteiger partial charge in [-0.1, -0.05) is 39.5 Å². The molecule has 1 atom stereocenters. The number of amides is 1. The molecule has 3 aromatic heterocycles. The smallest absolute Gasteiger partial charge is 0.277 e. The summed E-state index contributed by atoms with van der Waals surface area (Å²) in [7, 11) is 0. The predicted octanol–water partition coefficient (Wildman–Crippen LogP) is 5.62. The van der Waals surface area contributed by atoms with Gasteiger partial charge in [0.1, 0.15) is 0 Å². The third kappa shape index (κ3) is 5.50. The van der Waals surface area contributed by atoms with E-state index in [0.717, 1.165) is 28.5 Å². The van der Waals surface area contributed by atoms with Crippen LogP contribution in [0, 0.1) is 11.3 Å². The van der Waals surface area contributed by atoms with E-state index in [4.69, 9.17) is 4.42 Å². The number of carbonyl (C=O) groups is 2. The van der Waals surface area contributed by atoms with Crippen molar-refractivity contribution in [2.24, 2.45) is 11.3 Å². The Hall–Kier alpha value is -1.97. The highest BCUT2D eigenvalue weighted by Crippen LogP contribution is 2.37. The highest BCUT2D eigenvalue weighted by molar-refractivity contribution is 7.99.